The highest BCUT2D eigenvalue weighted by molar-refractivity contribution is 6.21. The third kappa shape index (κ3) is 4.46. The lowest BCUT2D eigenvalue weighted by atomic mass is 9.83. The number of rotatable bonds is 4. The van der Waals surface area contributed by atoms with Crippen molar-refractivity contribution < 1.29 is 0 Å². The Morgan fingerprint density at radius 3 is 1.85 bits per heavy atom. The minimum atomic E-state index is -0.577. The number of aromatic nitrogens is 2. The first kappa shape index (κ1) is 28.0. The van der Waals surface area contributed by atoms with E-state index in [1.54, 1.807) is 0 Å². The minimum Gasteiger partial charge on any atom is -0.293 e. The lowest BCUT2D eigenvalue weighted by Gasteiger charge is -2.21. The Kier molecular flexibility index (Phi) is 6.38. The molecule has 1 atom stereocenters. The van der Waals surface area contributed by atoms with Crippen LogP contribution in [0.5, 0.6) is 0 Å². The molecule has 8 aromatic rings. The number of allylic oxidation sites excluding steroid dienone is 1. The van der Waals surface area contributed by atoms with Crippen LogP contribution < -0.4 is 0 Å². The van der Waals surface area contributed by atoms with Gasteiger partial charge in [-0.25, -0.2) is 4.98 Å². The molecule has 0 fully saturated rings. The second kappa shape index (κ2) is 10.9. The summed E-state index contributed by atoms with van der Waals surface area (Å²) in [4.78, 5) is 5.24. The SMILES string of the molecule is CC1(C#N)C=Cc2c(nc(-c3cccc(-c4c5ccccc5c(-c5ccc6ccccc6c5)c5ccccc45)c3)n2-c2ccccc2)C1. The highest BCUT2D eigenvalue weighted by Gasteiger charge is 2.31. The van der Waals surface area contributed by atoms with Crippen LogP contribution in [0.2, 0.25) is 0 Å². The molecule has 7 aromatic carbocycles. The fraction of sp³-hybridized carbons (Fsp3) is 0.0667. The van der Waals surface area contributed by atoms with Crippen LogP contribution in [0.3, 0.4) is 0 Å². The van der Waals surface area contributed by atoms with Gasteiger partial charge in [0.2, 0.25) is 0 Å². The van der Waals surface area contributed by atoms with E-state index in [0.29, 0.717) is 6.42 Å². The maximum atomic E-state index is 9.92. The summed E-state index contributed by atoms with van der Waals surface area (Å²) in [5.41, 5.74) is 8.31. The van der Waals surface area contributed by atoms with Gasteiger partial charge in [-0.1, -0.05) is 127 Å². The standard InChI is InChI=1S/C45H31N3/c1-45(29-46)25-24-41-40(28-45)47-44(48(41)35-16-3-2-4-17-35)34-15-11-14-32(27-34)42-36-18-7-9-20-38(36)43(39-21-10-8-19-37(39)42)33-23-22-30-12-5-6-13-31(30)26-33/h2-27H,28H2,1H3. The zero-order valence-electron chi connectivity index (χ0n) is 26.6. The monoisotopic (exact) mass is 613 g/mol. The molecule has 1 aromatic heterocycles. The molecule has 226 valence electrons. The Labute approximate surface area is 279 Å². The van der Waals surface area contributed by atoms with E-state index in [1.807, 2.05) is 19.1 Å². The fourth-order valence-electron chi connectivity index (χ4n) is 7.47. The third-order valence-corrected chi connectivity index (χ3v) is 9.78. The summed E-state index contributed by atoms with van der Waals surface area (Å²) >= 11 is 0. The smallest absolute Gasteiger partial charge is 0.145 e. The second-order valence-corrected chi connectivity index (χ2v) is 13.0. The molecule has 1 heterocycles. The predicted octanol–water partition coefficient (Wildman–Crippen LogP) is 11.4. The zero-order chi connectivity index (χ0) is 32.2. The summed E-state index contributed by atoms with van der Waals surface area (Å²) in [7, 11) is 0. The van der Waals surface area contributed by atoms with Crippen molar-refractivity contribution >= 4 is 38.4 Å². The van der Waals surface area contributed by atoms with Crippen molar-refractivity contribution in [1.82, 2.24) is 9.55 Å². The van der Waals surface area contributed by atoms with Gasteiger partial charge in [-0.3, -0.25) is 4.57 Å². The van der Waals surface area contributed by atoms with Gasteiger partial charge in [0.25, 0.3) is 0 Å². The van der Waals surface area contributed by atoms with E-state index in [1.165, 1.54) is 49.0 Å². The lowest BCUT2D eigenvalue weighted by molar-refractivity contribution is 0.552. The molecule has 0 aliphatic heterocycles. The highest BCUT2D eigenvalue weighted by Crippen LogP contribution is 2.45. The second-order valence-electron chi connectivity index (χ2n) is 13.0. The van der Waals surface area contributed by atoms with Crippen molar-refractivity contribution in [3.05, 3.63) is 163 Å². The van der Waals surface area contributed by atoms with E-state index in [2.05, 4.69) is 156 Å². The van der Waals surface area contributed by atoms with E-state index in [9.17, 15) is 5.26 Å². The number of nitrogens with zero attached hydrogens (tertiary/aromatic N) is 3. The first-order chi connectivity index (χ1) is 23.6. The predicted molar refractivity (Wildman–Crippen MR) is 199 cm³/mol. The Morgan fingerprint density at radius 2 is 1.19 bits per heavy atom. The van der Waals surface area contributed by atoms with Gasteiger partial charge in [0, 0.05) is 17.7 Å². The molecular formula is C45H31N3. The lowest BCUT2D eigenvalue weighted by Crippen LogP contribution is -2.18. The molecule has 0 N–H and O–H groups in total. The molecule has 48 heavy (non-hydrogen) atoms. The van der Waals surface area contributed by atoms with E-state index in [4.69, 9.17) is 4.98 Å². The molecule has 3 heteroatoms. The number of imidazole rings is 1. The van der Waals surface area contributed by atoms with Crippen molar-refractivity contribution in [2.24, 2.45) is 5.41 Å². The summed E-state index contributed by atoms with van der Waals surface area (Å²) in [6.07, 6.45) is 4.67. The van der Waals surface area contributed by atoms with E-state index >= 15 is 0 Å². The van der Waals surface area contributed by atoms with Gasteiger partial charge in [0.15, 0.2) is 0 Å². The molecule has 0 amide bonds. The highest BCUT2D eigenvalue weighted by atomic mass is 15.1. The van der Waals surface area contributed by atoms with Crippen molar-refractivity contribution in [2.75, 3.05) is 0 Å². The summed E-state index contributed by atoms with van der Waals surface area (Å²) in [6.45, 7) is 1.98. The van der Waals surface area contributed by atoms with Crippen molar-refractivity contribution in [3.8, 4) is 45.4 Å². The molecule has 0 spiro atoms. The molecule has 1 unspecified atom stereocenters. The van der Waals surface area contributed by atoms with Crippen LogP contribution in [-0.4, -0.2) is 9.55 Å². The van der Waals surface area contributed by atoms with Gasteiger partial charge in [-0.2, -0.15) is 5.26 Å². The van der Waals surface area contributed by atoms with E-state index in [0.717, 1.165) is 34.0 Å². The molecule has 3 nitrogen and oxygen atoms in total. The van der Waals surface area contributed by atoms with Crippen LogP contribution in [0, 0.1) is 16.7 Å². The van der Waals surface area contributed by atoms with E-state index in [-0.39, 0.29) is 0 Å². The number of nitriles is 1. The minimum absolute atomic E-state index is 0.577. The third-order valence-electron chi connectivity index (χ3n) is 9.78. The average Bonchev–Trinajstić information content (AvgIpc) is 3.52. The topological polar surface area (TPSA) is 41.6 Å². The molecule has 0 saturated carbocycles. The van der Waals surface area contributed by atoms with Gasteiger partial charge >= 0.3 is 0 Å². The van der Waals surface area contributed by atoms with Crippen molar-refractivity contribution in [1.29, 1.82) is 5.26 Å². The van der Waals surface area contributed by atoms with Crippen molar-refractivity contribution in [2.45, 2.75) is 13.3 Å². The van der Waals surface area contributed by atoms with Crippen LogP contribution in [0.25, 0.3) is 77.7 Å². The van der Waals surface area contributed by atoms with Crippen LogP contribution in [0.15, 0.2) is 152 Å². The van der Waals surface area contributed by atoms with Gasteiger partial charge in [0.1, 0.15) is 5.82 Å². The first-order valence-corrected chi connectivity index (χ1v) is 16.4. The number of hydrogen-bond donors (Lipinski definition) is 0. The maximum absolute atomic E-state index is 9.92. The molecular weight excluding hydrogens is 583 g/mol. The first-order valence-electron chi connectivity index (χ1n) is 16.4. The van der Waals surface area contributed by atoms with Crippen LogP contribution in [-0.2, 0) is 6.42 Å². The molecule has 0 bridgehead atoms. The Bertz CT molecular complexity index is 2560. The van der Waals surface area contributed by atoms with Crippen LogP contribution in [0.4, 0.5) is 0 Å². The summed E-state index contributed by atoms with van der Waals surface area (Å²) in [5.74, 6) is 0.876. The number of benzene rings is 7. The summed E-state index contributed by atoms with van der Waals surface area (Å²) < 4.78 is 2.24. The molecule has 0 saturated heterocycles. The normalized spacial score (nSPS) is 15.5. The van der Waals surface area contributed by atoms with Gasteiger partial charge in [-0.15, -0.1) is 0 Å². The summed E-state index contributed by atoms with van der Waals surface area (Å²) in [6, 6.07) is 54.6. The number of hydrogen-bond acceptors (Lipinski definition) is 2. The molecule has 9 rings (SSSR count). The quantitative estimate of drug-likeness (QED) is 0.185. The fourth-order valence-corrected chi connectivity index (χ4v) is 7.47. The van der Waals surface area contributed by atoms with Crippen molar-refractivity contribution in [3.63, 3.8) is 0 Å². The maximum Gasteiger partial charge on any atom is 0.145 e. The number of fused-ring (bicyclic) bond motifs is 4. The van der Waals surface area contributed by atoms with Crippen LogP contribution in [0.1, 0.15) is 18.3 Å². The van der Waals surface area contributed by atoms with Gasteiger partial charge < -0.3 is 0 Å². The van der Waals surface area contributed by atoms with Gasteiger partial charge in [-0.05, 0) is 91.8 Å². The Balaban J connectivity index is 1.28. The summed E-state index contributed by atoms with van der Waals surface area (Å²) in [5, 5.41) is 17.3. The van der Waals surface area contributed by atoms with E-state index < -0.39 is 5.41 Å². The van der Waals surface area contributed by atoms with Gasteiger partial charge in [0.05, 0.1) is 22.9 Å². The molecule has 0 radical (unpaired) electrons. The Morgan fingerprint density at radius 1 is 0.604 bits per heavy atom. The average molecular weight is 614 g/mol. The Hall–Kier alpha value is -6.24. The molecule has 1 aliphatic rings. The zero-order valence-corrected chi connectivity index (χ0v) is 26.6. The van der Waals surface area contributed by atoms with Crippen LogP contribution >= 0.6 is 0 Å². The largest absolute Gasteiger partial charge is 0.293 e. The molecule has 1 aliphatic carbocycles. The number of para-hydroxylation sites is 1.